The molecule has 0 radical (unpaired) electrons. The fourth-order valence-corrected chi connectivity index (χ4v) is 3.43. The Bertz CT molecular complexity index is 596. The number of nitrogens with one attached hydrogen (secondary N) is 2. The molecule has 136 valence electrons. The Balaban J connectivity index is 1.46. The number of benzene rings is 1. The van der Waals surface area contributed by atoms with Crippen molar-refractivity contribution in [2.75, 3.05) is 39.3 Å². The van der Waals surface area contributed by atoms with Gasteiger partial charge in [0.2, 0.25) is 5.91 Å². The van der Waals surface area contributed by atoms with Crippen LogP contribution in [-0.2, 0) is 11.3 Å². The molecule has 2 saturated heterocycles. The Labute approximate surface area is 149 Å². The van der Waals surface area contributed by atoms with Crippen molar-refractivity contribution in [3.8, 4) is 0 Å². The molecule has 0 spiro atoms. The van der Waals surface area contributed by atoms with E-state index in [0.717, 1.165) is 56.7 Å². The van der Waals surface area contributed by atoms with Crippen LogP contribution in [0.15, 0.2) is 24.3 Å². The molecule has 0 unspecified atom stereocenters. The molecule has 6 nitrogen and oxygen atoms in total. The van der Waals surface area contributed by atoms with Gasteiger partial charge in [0.25, 0.3) is 5.91 Å². The minimum absolute atomic E-state index is 0.0472. The van der Waals surface area contributed by atoms with Crippen LogP contribution in [-0.4, -0.2) is 66.9 Å². The van der Waals surface area contributed by atoms with E-state index in [2.05, 4.69) is 22.5 Å². The zero-order valence-electron chi connectivity index (χ0n) is 15.0. The Kier molecular flexibility index (Phi) is 6.04. The molecule has 0 aromatic heterocycles. The first kappa shape index (κ1) is 17.9. The normalized spacial score (nSPS) is 21.3. The van der Waals surface area contributed by atoms with Crippen molar-refractivity contribution >= 4 is 11.8 Å². The first-order valence-corrected chi connectivity index (χ1v) is 9.23. The molecular weight excluding hydrogens is 316 g/mol. The lowest BCUT2D eigenvalue weighted by Gasteiger charge is -2.33. The lowest BCUT2D eigenvalue weighted by Crippen LogP contribution is -2.52. The summed E-state index contributed by atoms with van der Waals surface area (Å²) in [4.78, 5) is 28.6. The maximum Gasteiger partial charge on any atom is 0.253 e. The first-order chi connectivity index (χ1) is 12.1. The van der Waals surface area contributed by atoms with E-state index < -0.39 is 0 Å². The van der Waals surface area contributed by atoms with Crippen LogP contribution in [0.25, 0.3) is 0 Å². The van der Waals surface area contributed by atoms with Crippen molar-refractivity contribution in [1.29, 1.82) is 0 Å². The number of rotatable bonds is 5. The minimum atomic E-state index is 0.0472. The van der Waals surface area contributed by atoms with Crippen molar-refractivity contribution in [1.82, 2.24) is 20.4 Å². The van der Waals surface area contributed by atoms with E-state index in [1.807, 2.05) is 29.2 Å². The van der Waals surface area contributed by atoms with Crippen LogP contribution in [0.5, 0.6) is 0 Å². The molecule has 0 saturated carbocycles. The summed E-state index contributed by atoms with van der Waals surface area (Å²) < 4.78 is 0. The Morgan fingerprint density at radius 2 is 1.88 bits per heavy atom. The van der Waals surface area contributed by atoms with Crippen LogP contribution in [0, 0.1) is 0 Å². The number of hydrogen-bond acceptors (Lipinski definition) is 4. The van der Waals surface area contributed by atoms with Crippen LogP contribution in [0.4, 0.5) is 0 Å². The van der Waals surface area contributed by atoms with E-state index in [1.165, 1.54) is 0 Å². The van der Waals surface area contributed by atoms with Gasteiger partial charge >= 0.3 is 0 Å². The van der Waals surface area contributed by atoms with Gasteiger partial charge in [-0.1, -0.05) is 12.1 Å². The summed E-state index contributed by atoms with van der Waals surface area (Å²) in [6.07, 6.45) is 2.20. The Morgan fingerprint density at radius 3 is 2.56 bits per heavy atom. The smallest absolute Gasteiger partial charge is 0.253 e. The van der Waals surface area contributed by atoms with Gasteiger partial charge in [-0.2, -0.15) is 0 Å². The van der Waals surface area contributed by atoms with E-state index in [4.69, 9.17) is 0 Å². The maximum absolute atomic E-state index is 12.3. The molecule has 3 rings (SSSR count). The van der Waals surface area contributed by atoms with Crippen LogP contribution in [0.1, 0.15) is 35.7 Å². The molecule has 2 aliphatic heterocycles. The number of amides is 2. The monoisotopic (exact) mass is 344 g/mol. The molecule has 1 atom stereocenters. The highest BCUT2D eigenvalue weighted by Crippen LogP contribution is 2.13. The molecule has 6 heteroatoms. The van der Waals surface area contributed by atoms with Gasteiger partial charge in [-0.3, -0.25) is 14.5 Å². The number of likely N-dealkylation sites (tertiary alicyclic amines) is 1. The van der Waals surface area contributed by atoms with Gasteiger partial charge in [0, 0.05) is 50.9 Å². The van der Waals surface area contributed by atoms with Crippen LogP contribution in [0.2, 0.25) is 0 Å². The molecule has 2 heterocycles. The third-order valence-corrected chi connectivity index (χ3v) is 5.07. The zero-order chi connectivity index (χ0) is 17.6. The number of carbonyl (C=O) groups excluding carboxylic acids is 2. The fourth-order valence-electron chi connectivity index (χ4n) is 3.43. The number of piperazine rings is 1. The Morgan fingerprint density at radius 1 is 1.16 bits per heavy atom. The van der Waals surface area contributed by atoms with Gasteiger partial charge in [-0.25, -0.2) is 0 Å². The molecule has 2 aliphatic rings. The second-order valence-electron chi connectivity index (χ2n) is 7.00. The highest BCUT2D eigenvalue weighted by atomic mass is 16.2. The quantitative estimate of drug-likeness (QED) is 0.831. The highest BCUT2D eigenvalue weighted by molar-refractivity contribution is 5.94. The summed E-state index contributed by atoms with van der Waals surface area (Å²) in [6, 6.07) is 7.96. The van der Waals surface area contributed by atoms with Crippen molar-refractivity contribution in [2.24, 2.45) is 0 Å². The third-order valence-electron chi connectivity index (χ3n) is 5.07. The standard InChI is InChI=1S/C19H28N4O2/c1-15-12-20-8-11-23(15)14-18(24)21-13-16-4-6-17(7-5-16)19(25)22-9-2-3-10-22/h4-7,15,20H,2-3,8-14H2,1H3,(H,21,24)/t15-/m0/s1. The van der Waals surface area contributed by atoms with E-state index in [-0.39, 0.29) is 11.8 Å². The van der Waals surface area contributed by atoms with Crippen LogP contribution >= 0.6 is 0 Å². The molecule has 1 aromatic carbocycles. The number of hydrogen-bond donors (Lipinski definition) is 2. The molecule has 0 bridgehead atoms. The number of carbonyl (C=O) groups is 2. The molecule has 2 amide bonds. The predicted molar refractivity (Wildman–Crippen MR) is 97.3 cm³/mol. The first-order valence-electron chi connectivity index (χ1n) is 9.23. The fraction of sp³-hybridized carbons (Fsp3) is 0.579. The Hall–Kier alpha value is -1.92. The second kappa shape index (κ2) is 8.45. The molecule has 2 N–H and O–H groups in total. The van der Waals surface area contributed by atoms with Gasteiger partial charge in [0.15, 0.2) is 0 Å². The summed E-state index contributed by atoms with van der Waals surface area (Å²) in [5, 5.41) is 6.30. The summed E-state index contributed by atoms with van der Waals surface area (Å²) in [5.74, 6) is 0.159. The van der Waals surface area contributed by atoms with E-state index in [0.29, 0.717) is 19.1 Å². The van der Waals surface area contributed by atoms with Gasteiger partial charge in [-0.15, -0.1) is 0 Å². The van der Waals surface area contributed by atoms with E-state index in [1.54, 1.807) is 0 Å². The third kappa shape index (κ3) is 4.80. The van der Waals surface area contributed by atoms with Crippen LogP contribution in [0.3, 0.4) is 0 Å². The van der Waals surface area contributed by atoms with Crippen LogP contribution < -0.4 is 10.6 Å². The molecular formula is C19H28N4O2. The van der Waals surface area contributed by atoms with Gasteiger partial charge in [-0.05, 0) is 37.5 Å². The largest absolute Gasteiger partial charge is 0.351 e. The lowest BCUT2D eigenvalue weighted by molar-refractivity contribution is -0.123. The average Bonchev–Trinajstić information content (AvgIpc) is 3.16. The molecule has 2 fully saturated rings. The molecule has 25 heavy (non-hydrogen) atoms. The summed E-state index contributed by atoms with van der Waals surface area (Å²) in [6.45, 7) is 7.56. The van der Waals surface area contributed by atoms with Gasteiger partial charge < -0.3 is 15.5 Å². The topological polar surface area (TPSA) is 64.7 Å². The lowest BCUT2D eigenvalue weighted by atomic mass is 10.1. The van der Waals surface area contributed by atoms with Gasteiger partial charge in [0.1, 0.15) is 0 Å². The van der Waals surface area contributed by atoms with Crippen molar-refractivity contribution < 1.29 is 9.59 Å². The zero-order valence-corrected chi connectivity index (χ0v) is 15.0. The SMILES string of the molecule is C[C@H]1CNCCN1CC(=O)NCc1ccc(C(=O)N2CCCC2)cc1. The van der Waals surface area contributed by atoms with Gasteiger partial charge in [0.05, 0.1) is 6.54 Å². The summed E-state index contributed by atoms with van der Waals surface area (Å²) >= 11 is 0. The second-order valence-corrected chi connectivity index (χ2v) is 7.00. The maximum atomic E-state index is 12.3. The highest BCUT2D eigenvalue weighted by Gasteiger charge is 2.20. The summed E-state index contributed by atoms with van der Waals surface area (Å²) in [5.41, 5.74) is 1.74. The predicted octanol–water partition coefficient (Wildman–Crippen LogP) is 0.833. The van der Waals surface area contributed by atoms with Crippen molar-refractivity contribution in [3.63, 3.8) is 0 Å². The van der Waals surface area contributed by atoms with Crippen molar-refractivity contribution in [3.05, 3.63) is 35.4 Å². The minimum Gasteiger partial charge on any atom is -0.351 e. The van der Waals surface area contributed by atoms with E-state index in [9.17, 15) is 9.59 Å². The molecule has 1 aromatic rings. The number of nitrogens with zero attached hydrogens (tertiary/aromatic N) is 2. The summed E-state index contributed by atoms with van der Waals surface area (Å²) in [7, 11) is 0. The molecule has 0 aliphatic carbocycles. The average molecular weight is 344 g/mol. The van der Waals surface area contributed by atoms with E-state index >= 15 is 0 Å². The van der Waals surface area contributed by atoms with Crippen molar-refractivity contribution in [2.45, 2.75) is 32.4 Å².